The molecule has 3 atom stereocenters. The second-order valence-electron chi connectivity index (χ2n) is 11.1. The molecule has 3 heterocycles. The Morgan fingerprint density at radius 2 is 1.91 bits per heavy atom. The molecule has 5 rings (SSSR count). The number of amides is 2. The highest BCUT2D eigenvalue weighted by molar-refractivity contribution is 6.30. The van der Waals surface area contributed by atoms with Gasteiger partial charge in [0.15, 0.2) is 0 Å². The predicted molar refractivity (Wildman–Crippen MR) is 157 cm³/mol. The average Bonchev–Trinajstić information content (AvgIpc) is 3.00. The van der Waals surface area contributed by atoms with Gasteiger partial charge in [0.05, 0.1) is 41.5 Å². The molecular weight excluding hydrogens is 618 g/mol. The molecule has 1 saturated heterocycles. The van der Waals surface area contributed by atoms with E-state index in [0.717, 1.165) is 6.07 Å². The van der Waals surface area contributed by atoms with E-state index in [4.69, 9.17) is 21.1 Å². The van der Waals surface area contributed by atoms with Gasteiger partial charge in [-0.05, 0) is 54.3 Å². The lowest BCUT2D eigenvalue weighted by atomic mass is 9.92. The van der Waals surface area contributed by atoms with Crippen molar-refractivity contribution in [1.29, 1.82) is 0 Å². The van der Waals surface area contributed by atoms with Crippen LogP contribution < -0.4 is 5.32 Å². The third-order valence-corrected chi connectivity index (χ3v) is 8.46. The van der Waals surface area contributed by atoms with E-state index in [1.165, 1.54) is 12.0 Å². The first-order chi connectivity index (χ1) is 21.4. The summed E-state index contributed by atoms with van der Waals surface area (Å²) in [6.07, 6.45) is -4.38. The highest BCUT2D eigenvalue weighted by Gasteiger charge is 2.42. The van der Waals surface area contributed by atoms with Gasteiger partial charge >= 0.3 is 18.2 Å². The molecule has 2 aliphatic rings. The number of esters is 1. The number of hydrogen-bond donors (Lipinski definition) is 1. The normalized spacial score (nSPS) is 20.7. The Morgan fingerprint density at radius 3 is 2.62 bits per heavy atom. The maximum Gasteiger partial charge on any atom is 0.416 e. The first kappa shape index (κ1) is 32.2. The van der Waals surface area contributed by atoms with E-state index in [-0.39, 0.29) is 25.3 Å². The zero-order valence-corrected chi connectivity index (χ0v) is 25.2. The summed E-state index contributed by atoms with van der Waals surface area (Å²) in [4.78, 5) is 44.3. The summed E-state index contributed by atoms with van der Waals surface area (Å²) in [5, 5.41) is 2.46. The standard InChI is InChI=1S/C32H30ClF4N3O5/c1-17-4-3-5-25(40-13-11-26(45-31(40)43)28-21(32(35,36)37)8-9-22(33)29(28)34)19-10-12-38-23(16-19)20-7-6-18(15-27(41)44-2)14-24(20)39-30(17)42/h6-10,12,14,16-17,25-26H,3-5,11,13,15H2,1-2H3,(H,39,42)/t17-,25+,26+/m1/s1. The molecule has 0 aliphatic carbocycles. The highest BCUT2D eigenvalue weighted by Crippen LogP contribution is 2.43. The number of nitrogens with one attached hydrogen (secondary N) is 1. The van der Waals surface area contributed by atoms with Gasteiger partial charge < -0.3 is 19.7 Å². The van der Waals surface area contributed by atoms with Crippen molar-refractivity contribution in [1.82, 2.24) is 9.88 Å². The summed E-state index contributed by atoms with van der Waals surface area (Å²) < 4.78 is 66.5. The topological polar surface area (TPSA) is 97.8 Å². The van der Waals surface area contributed by atoms with Crippen molar-refractivity contribution in [3.8, 4) is 11.3 Å². The number of cyclic esters (lactones) is 1. The summed E-state index contributed by atoms with van der Waals surface area (Å²) in [5.74, 6) is -2.35. The number of pyridine rings is 1. The fraction of sp³-hybridized carbons (Fsp3) is 0.375. The number of aromatic nitrogens is 1. The number of carbonyl (C=O) groups excluding carboxylic acids is 3. The molecule has 2 amide bonds. The van der Waals surface area contributed by atoms with Crippen molar-refractivity contribution in [3.63, 3.8) is 0 Å². The van der Waals surface area contributed by atoms with Gasteiger partial charge in [0, 0.05) is 36.2 Å². The van der Waals surface area contributed by atoms with Crippen molar-refractivity contribution >= 4 is 35.3 Å². The summed E-state index contributed by atoms with van der Waals surface area (Å²) in [7, 11) is 1.29. The second kappa shape index (κ2) is 13.0. The van der Waals surface area contributed by atoms with E-state index in [9.17, 15) is 31.9 Å². The number of nitrogens with zero attached hydrogens (tertiary/aromatic N) is 2. The summed E-state index contributed by atoms with van der Waals surface area (Å²) >= 11 is 5.81. The molecule has 1 N–H and O–H groups in total. The predicted octanol–water partition coefficient (Wildman–Crippen LogP) is 7.66. The molecule has 13 heteroatoms. The number of methoxy groups -OCH3 is 1. The molecule has 0 radical (unpaired) electrons. The molecule has 3 aromatic rings. The number of benzene rings is 2. The van der Waals surface area contributed by atoms with Gasteiger partial charge in [-0.1, -0.05) is 37.1 Å². The maximum absolute atomic E-state index is 14.9. The van der Waals surface area contributed by atoms with Crippen LogP contribution in [0.25, 0.3) is 11.3 Å². The van der Waals surface area contributed by atoms with E-state index >= 15 is 0 Å². The average molecular weight is 648 g/mol. The van der Waals surface area contributed by atoms with E-state index in [1.807, 2.05) is 0 Å². The molecule has 0 saturated carbocycles. The Hall–Kier alpha value is -4.19. The van der Waals surface area contributed by atoms with Gasteiger partial charge in [-0.3, -0.25) is 14.6 Å². The number of alkyl halides is 3. The lowest BCUT2D eigenvalue weighted by molar-refractivity contribution is -0.140. The minimum atomic E-state index is -4.88. The van der Waals surface area contributed by atoms with Crippen LogP contribution in [0, 0.1) is 11.7 Å². The summed E-state index contributed by atoms with van der Waals surface area (Å²) in [5.41, 5.74) is 0.818. The van der Waals surface area contributed by atoms with Crippen LogP contribution >= 0.6 is 11.6 Å². The molecule has 1 aromatic heterocycles. The zero-order chi connectivity index (χ0) is 32.5. The molecule has 2 aliphatic heterocycles. The number of rotatable bonds is 4. The maximum atomic E-state index is 14.9. The Morgan fingerprint density at radius 1 is 1.13 bits per heavy atom. The molecule has 0 unspecified atom stereocenters. The van der Waals surface area contributed by atoms with E-state index in [0.29, 0.717) is 53.4 Å². The van der Waals surface area contributed by atoms with Crippen molar-refractivity contribution in [2.75, 3.05) is 19.0 Å². The largest absolute Gasteiger partial charge is 0.469 e. The number of hydrogen-bond acceptors (Lipinski definition) is 6. The van der Waals surface area contributed by atoms with E-state index in [2.05, 4.69) is 10.3 Å². The second-order valence-corrected chi connectivity index (χ2v) is 11.5. The van der Waals surface area contributed by atoms with E-state index in [1.54, 1.807) is 43.5 Å². The fourth-order valence-corrected chi connectivity index (χ4v) is 5.95. The summed E-state index contributed by atoms with van der Waals surface area (Å²) in [6, 6.07) is 9.62. The van der Waals surface area contributed by atoms with Crippen LogP contribution in [0.4, 0.5) is 28.0 Å². The van der Waals surface area contributed by atoms with Gasteiger partial charge in [0.2, 0.25) is 5.91 Å². The van der Waals surface area contributed by atoms with Crippen LogP contribution in [0.15, 0.2) is 48.7 Å². The quantitative estimate of drug-likeness (QED) is 0.231. The van der Waals surface area contributed by atoms with Crippen LogP contribution in [0.5, 0.6) is 0 Å². The number of carbonyl (C=O) groups is 3. The molecule has 238 valence electrons. The van der Waals surface area contributed by atoms with Crippen molar-refractivity contribution in [2.45, 2.75) is 57.3 Å². The van der Waals surface area contributed by atoms with Crippen LogP contribution in [-0.2, 0) is 31.7 Å². The number of halogens is 5. The Kier molecular flexibility index (Phi) is 9.33. The van der Waals surface area contributed by atoms with Gasteiger partial charge in [0.25, 0.3) is 0 Å². The van der Waals surface area contributed by atoms with Crippen LogP contribution in [0.3, 0.4) is 0 Å². The molecule has 0 spiro atoms. The molecule has 8 nitrogen and oxygen atoms in total. The smallest absolute Gasteiger partial charge is 0.416 e. The zero-order valence-electron chi connectivity index (χ0n) is 24.4. The van der Waals surface area contributed by atoms with E-state index < -0.39 is 58.3 Å². The van der Waals surface area contributed by atoms with Crippen molar-refractivity contribution < 1.29 is 41.4 Å². The third-order valence-electron chi connectivity index (χ3n) is 8.17. The summed E-state index contributed by atoms with van der Waals surface area (Å²) in [6.45, 7) is 1.77. The van der Waals surface area contributed by atoms with Crippen LogP contribution in [0.2, 0.25) is 5.02 Å². The first-order valence-corrected chi connectivity index (χ1v) is 14.7. The highest BCUT2D eigenvalue weighted by atomic mass is 35.5. The van der Waals surface area contributed by atoms with Gasteiger partial charge in [-0.2, -0.15) is 13.2 Å². The molecular formula is C32H30ClF4N3O5. The van der Waals surface area contributed by atoms with Crippen LogP contribution in [-0.4, -0.2) is 41.5 Å². The van der Waals surface area contributed by atoms with Gasteiger partial charge in [-0.15, -0.1) is 0 Å². The lowest BCUT2D eigenvalue weighted by Gasteiger charge is -2.38. The Balaban J connectivity index is 1.49. The van der Waals surface area contributed by atoms with Crippen molar-refractivity contribution in [3.05, 3.63) is 81.8 Å². The number of ether oxygens (including phenoxy) is 2. The SMILES string of the molecule is COC(=O)Cc1ccc2c(c1)NC(=O)[C@H](C)CCC[C@H](N1CC[C@@H](c3c(C(F)(F)F)ccc(Cl)c3F)OC1=O)c1ccnc-2c1. The van der Waals surface area contributed by atoms with Gasteiger partial charge in [-0.25, -0.2) is 9.18 Å². The molecule has 1 fully saturated rings. The molecule has 2 bridgehead atoms. The number of anilines is 1. The van der Waals surface area contributed by atoms with Crippen molar-refractivity contribution in [2.24, 2.45) is 5.92 Å². The molecule has 2 aromatic carbocycles. The molecule has 45 heavy (non-hydrogen) atoms. The number of fused-ring (bicyclic) bond motifs is 4. The Bertz CT molecular complexity index is 1630. The third kappa shape index (κ3) is 6.90. The fourth-order valence-electron chi connectivity index (χ4n) is 5.79. The van der Waals surface area contributed by atoms with Gasteiger partial charge in [0.1, 0.15) is 11.9 Å². The Labute approximate surface area is 261 Å². The van der Waals surface area contributed by atoms with Crippen LogP contribution in [0.1, 0.15) is 67.0 Å². The minimum Gasteiger partial charge on any atom is -0.469 e. The minimum absolute atomic E-state index is 0.00631. The first-order valence-electron chi connectivity index (χ1n) is 14.4. The monoisotopic (exact) mass is 647 g/mol. The lowest BCUT2D eigenvalue weighted by Crippen LogP contribution is -2.42.